The number of hydrogen-bond acceptors (Lipinski definition) is 2. The minimum Gasteiger partial charge on any atom is -0.481 e. The van der Waals surface area contributed by atoms with Crippen LogP contribution in [0.5, 0.6) is 0 Å². The molecule has 1 N–H and O–H groups in total. The molecule has 0 aliphatic carbocycles. The van der Waals surface area contributed by atoms with Crippen LogP contribution >= 0.6 is 0 Å². The van der Waals surface area contributed by atoms with Crippen molar-refractivity contribution in [3.8, 4) is 0 Å². The van der Waals surface area contributed by atoms with E-state index in [9.17, 15) is 4.79 Å². The Morgan fingerprint density at radius 2 is 1.93 bits per heavy atom. The lowest BCUT2D eigenvalue weighted by Crippen LogP contribution is -2.34. The van der Waals surface area contributed by atoms with Crippen LogP contribution in [0.1, 0.15) is 41.0 Å². The van der Waals surface area contributed by atoms with E-state index in [4.69, 9.17) is 5.11 Å². The van der Waals surface area contributed by atoms with Gasteiger partial charge in [-0.15, -0.1) is 0 Å². The van der Waals surface area contributed by atoms with Gasteiger partial charge in [-0.05, 0) is 24.9 Å². The molecule has 90 valence electrons. The van der Waals surface area contributed by atoms with Gasteiger partial charge < -0.3 is 10.0 Å². The Bertz CT molecular complexity index is 196. The van der Waals surface area contributed by atoms with Crippen LogP contribution in [-0.2, 0) is 4.79 Å². The Morgan fingerprint density at radius 3 is 2.27 bits per heavy atom. The van der Waals surface area contributed by atoms with Crippen LogP contribution in [0, 0.1) is 11.3 Å². The van der Waals surface area contributed by atoms with Crippen molar-refractivity contribution >= 4 is 5.97 Å². The third-order valence-electron chi connectivity index (χ3n) is 2.58. The predicted octanol–water partition coefficient (Wildman–Crippen LogP) is 2.47. The van der Waals surface area contributed by atoms with Gasteiger partial charge in [-0.3, -0.25) is 4.79 Å². The molecule has 0 saturated heterocycles. The first kappa shape index (κ1) is 14.4. The van der Waals surface area contributed by atoms with Gasteiger partial charge in [0.1, 0.15) is 0 Å². The van der Waals surface area contributed by atoms with E-state index in [1.165, 1.54) is 0 Å². The van der Waals surface area contributed by atoms with E-state index >= 15 is 0 Å². The number of aliphatic carboxylic acids is 1. The molecule has 0 aromatic carbocycles. The molecule has 0 rings (SSSR count). The van der Waals surface area contributed by atoms with Crippen LogP contribution in [0.4, 0.5) is 0 Å². The molecule has 0 amide bonds. The topological polar surface area (TPSA) is 40.5 Å². The largest absolute Gasteiger partial charge is 0.481 e. The van der Waals surface area contributed by atoms with Gasteiger partial charge in [-0.2, -0.15) is 0 Å². The van der Waals surface area contributed by atoms with Crippen molar-refractivity contribution in [2.45, 2.75) is 41.0 Å². The molecule has 0 aromatic rings. The van der Waals surface area contributed by atoms with Crippen LogP contribution in [-0.4, -0.2) is 35.6 Å². The van der Waals surface area contributed by atoms with Crippen molar-refractivity contribution in [3.05, 3.63) is 0 Å². The van der Waals surface area contributed by atoms with E-state index in [0.29, 0.717) is 12.0 Å². The molecular formula is C12H25NO2. The molecule has 0 aromatic heterocycles. The van der Waals surface area contributed by atoms with Gasteiger partial charge >= 0.3 is 5.97 Å². The summed E-state index contributed by atoms with van der Waals surface area (Å²) in [7, 11) is 0. The predicted molar refractivity (Wildman–Crippen MR) is 63.0 cm³/mol. The highest BCUT2D eigenvalue weighted by Gasteiger charge is 2.17. The third-order valence-corrected chi connectivity index (χ3v) is 2.58. The molecule has 0 radical (unpaired) electrons. The molecule has 3 nitrogen and oxygen atoms in total. The first-order chi connectivity index (χ1) is 6.76. The molecule has 0 saturated carbocycles. The van der Waals surface area contributed by atoms with Gasteiger partial charge in [0.2, 0.25) is 0 Å². The number of carboxylic acids is 1. The summed E-state index contributed by atoms with van der Waals surface area (Å²) >= 11 is 0. The Morgan fingerprint density at radius 1 is 1.40 bits per heavy atom. The van der Waals surface area contributed by atoms with Crippen molar-refractivity contribution < 1.29 is 9.90 Å². The second kappa shape index (κ2) is 6.11. The average Bonchev–Trinajstić information content (AvgIpc) is 2.10. The Labute approximate surface area is 93.5 Å². The molecule has 1 unspecified atom stereocenters. The van der Waals surface area contributed by atoms with Crippen molar-refractivity contribution in [1.29, 1.82) is 0 Å². The molecule has 15 heavy (non-hydrogen) atoms. The maximum Gasteiger partial charge on any atom is 0.307 e. The van der Waals surface area contributed by atoms with E-state index in [-0.39, 0.29) is 5.92 Å². The van der Waals surface area contributed by atoms with E-state index < -0.39 is 5.97 Å². The number of carboxylic acid groups (broad SMARTS) is 1. The number of carbonyl (C=O) groups is 1. The van der Waals surface area contributed by atoms with Crippen molar-refractivity contribution in [3.63, 3.8) is 0 Å². The highest BCUT2D eigenvalue weighted by Crippen LogP contribution is 2.19. The van der Waals surface area contributed by atoms with Gasteiger partial charge in [-0.25, -0.2) is 0 Å². The van der Waals surface area contributed by atoms with Crippen molar-refractivity contribution in [2.75, 3.05) is 19.6 Å². The monoisotopic (exact) mass is 215 g/mol. The van der Waals surface area contributed by atoms with Gasteiger partial charge in [0.25, 0.3) is 0 Å². The number of nitrogens with zero attached hydrogens (tertiary/aromatic N) is 1. The van der Waals surface area contributed by atoms with Crippen LogP contribution in [0.3, 0.4) is 0 Å². The lowest BCUT2D eigenvalue weighted by molar-refractivity contribution is -0.141. The molecule has 0 fully saturated rings. The minimum atomic E-state index is -0.704. The summed E-state index contributed by atoms with van der Waals surface area (Å²) < 4.78 is 0. The summed E-state index contributed by atoms with van der Waals surface area (Å²) in [6.07, 6.45) is 1.10. The van der Waals surface area contributed by atoms with E-state index in [1.54, 1.807) is 6.92 Å². The minimum absolute atomic E-state index is 0.273. The first-order valence-corrected chi connectivity index (χ1v) is 5.71. The van der Waals surface area contributed by atoms with Crippen LogP contribution in [0.15, 0.2) is 0 Å². The van der Waals surface area contributed by atoms with Crippen LogP contribution < -0.4 is 0 Å². The fourth-order valence-electron chi connectivity index (χ4n) is 1.34. The second-order valence-electron chi connectivity index (χ2n) is 5.44. The lowest BCUT2D eigenvalue weighted by Gasteiger charge is -2.26. The highest BCUT2D eigenvalue weighted by molar-refractivity contribution is 5.69. The van der Waals surface area contributed by atoms with Crippen LogP contribution in [0.2, 0.25) is 0 Å². The molecule has 1 atom stereocenters. The maximum absolute atomic E-state index is 10.7. The van der Waals surface area contributed by atoms with E-state index in [0.717, 1.165) is 19.5 Å². The molecule has 0 bridgehead atoms. The Balaban J connectivity index is 3.98. The van der Waals surface area contributed by atoms with Gasteiger partial charge in [0.15, 0.2) is 0 Å². The third kappa shape index (κ3) is 7.37. The van der Waals surface area contributed by atoms with Gasteiger partial charge in [-0.1, -0.05) is 34.6 Å². The van der Waals surface area contributed by atoms with Crippen molar-refractivity contribution in [2.24, 2.45) is 11.3 Å². The number of hydrogen-bond donors (Lipinski definition) is 1. The van der Waals surface area contributed by atoms with E-state index in [1.807, 2.05) is 0 Å². The molecule has 0 aliphatic heterocycles. The summed E-state index contributed by atoms with van der Waals surface area (Å²) in [6.45, 7) is 13.0. The standard InChI is InChI=1S/C12H25NO2/c1-6-13(8-7-12(3,4)5)9-10(2)11(14)15/h10H,6-9H2,1-5H3,(H,14,15). The molecule has 0 aliphatic rings. The summed E-state index contributed by atoms with van der Waals surface area (Å²) in [5, 5.41) is 8.83. The van der Waals surface area contributed by atoms with Gasteiger partial charge in [0, 0.05) is 6.54 Å². The average molecular weight is 215 g/mol. The maximum atomic E-state index is 10.7. The fourth-order valence-corrected chi connectivity index (χ4v) is 1.34. The van der Waals surface area contributed by atoms with Crippen LogP contribution in [0.25, 0.3) is 0 Å². The smallest absolute Gasteiger partial charge is 0.307 e. The van der Waals surface area contributed by atoms with E-state index in [2.05, 4.69) is 32.6 Å². The zero-order chi connectivity index (χ0) is 12.1. The normalized spacial score (nSPS) is 14.3. The highest BCUT2D eigenvalue weighted by atomic mass is 16.4. The molecule has 0 heterocycles. The summed E-state index contributed by atoms with van der Waals surface area (Å²) in [5.41, 5.74) is 0.319. The molecule has 3 heteroatoms. The lowest BCUT2D eigenvalue weighted by atomic mass is 9.92. The second-order valence-corrected chi connectivity index (χ2v) is 5.44. The SMILES string of the molecule is CCN(CCC(C)(C)C)CC(C)C(=O)O. The first-order valence-electron chi connectivity index (χ1n) is 5.71. The molecule has 0 spiro atoms. The summed E-state index contributed by atoms with van der Waals surface area (Å²) in [6, 6.07) is 0. The molecular weight excluding hydrogens is 190 g/mol. The summed E-state index contributed by atoms with van der Waals surface area (Å²) in [4.78, 5) is 12.9. The quantitative estimate of drug-likeness (QED) is 0.740. The zero-order valence-corrected chi connectivity index (χ0v) is 10.7. The number of rotatable bonds is 6. The fraction of sp³-hybridized carbons (Fsp3) is 0.917. The van der Waals surface area contributed by atoms with Gasteiger partial charge in [0.05, 0.1) is 5.92 Å². The Kier molecular flexibility index (Phi) is 5.88. The van der Waals surface area contributed by atoms with Crippen molar-refractivity contribution in [1.82, 2.24) is 4.90 Å². The summed E-state index contributed by atoms with van der Waals surface area (Å²) in [5.74, 6) is -0.978. The zero-order valence-electron chi connectivity index (χ0n) is 10.7. The Hall–Kier alpha value is -0.570.